The van der Waals surface area contributed by atoms with Crippen molar-refractivity contribution in [3.05, 3.63) is 0 Å². The van der Waals surface area contributed by atoms with E-state index in [1.54, 1.807) is 0 Å². The minimum atomic E-state index is -1.04. The summed E-state index contributed by atoms with van der Waals surface area (Å²) in [7, 11) is 0. The maximum atomic E-state index is 11.8. The molecule has 1 saturated heterocycles. The summed E-state index contributed by atoms with van der Waals surface area (Å²) >= 11 is 0. The lowest BCUT2D eigenvalue weighted by Crippen LogP contribution is -2.65. The first kappa shape index (κ1) is 15.9. The Balaban J connectivity index is 1.50. The average Bonchev–Trinajstić information content (AvgIpc) is 3.16. The molecule has 0 aromatic heterocycles. The number of aliphatic hydroxyl groups is 2. The highest BCUT2D eigenvalue weighted by molar-refractivity contribution is 5.15. The van der Waals surface area contributed by atoms with E-state index in [1.165, 1.54) is 0 Å². The highest BCUT2D eigenvalue weighted by Gasteiger charge is 2.67. The van der Waals surface area contributed by atoms with Crippen molar-refractivity contribution in [3.8, 4) is 0 Å². The van der Waals surface area contributed by atoms with Crippen molar-refractivity contribution in [3.63, 3.8) is 0 Å². The normalized spacial score (nSPS) is 60.6. The number of hydrogen-bond donors (Lipinski definition) is 2. The van der Waals surface area contributed by atoms with Gasteiger partial charge in [0.25, 0.3) is 0 Å². The maximum absolute atomic E-state index is 11.8. The molecular formula is C21H34O4. The van der Waals surface area contributed by atoms with Crippen LogP contribution in [0.4, 0.5) is 0 Å². The van der Waals surface area contributed by atoms with E-state index in [4.69, 9.17) is 10.8 Å². The zero-order valence-electron chi connectivity index (χ0n) is 16.7. The third-order valence-electron chi connectivity index (χ3n) is 9.30. The van der Waals surface area contributed by atoms with Crippen LogP contribution in [-0.4, -0.2) is 40.9 Å². The standard InChI is InChI=1S/C21H34O4/c1-18-7-6-16-14(15(18)3-4-17(18)22)5-8-20(23)13-21(24-11-12-25-21)10-9-19(16,20)2/h14-17,22-23H,3-13H2,1-2H3/t14?,15?,16?,17?,18-,19+,20+/m0/s1/i8T/t8-,14?,15?,16?,17?,18+,19-,20-/m1. The van der Waals surface area contributed by atoms with Crippen LogP contribution in [0.3, 0.4) is 0 Å². The highest BCUT2D eigenvalue weighted by Crippen LogP contribution is 2.68. The third kappa shape index (κ3) is 2.09. The molecule has 0 radical (unpaired) electrons. The van der Waals surface area contributed by atoms with Crippen LogP contribution >= 0.6 is 0 Å². The number of ether oxygens (including phenoxy) is 2. The van der Waals surface area contributed by atoms with Crippen molar-refractivity contribution in [1.29, 1.82) is 0 Å². The number of aliphatic hydroxyl groups excluding tert-OH is 1. The molecular weight excluding hydrogens is 316 g/mol. The molecule has 4 heteroatoms. The molecule has 1 aliphatic heterocycles. The smallest absolute Gasteiger partial charge is 0.171 e. The average molecular weight is 353 g/mol. The molecule has 0 aromatic carbocycles. The van der Waals surface area contributed by atoms with Gasteiger partial charge in [0.2, 0.25) is 0 Å². The minimum absolute atomic E-state index is 0.0142. The van der Waals surface area contributed by atoms with Gasteiger partial charge >= 0.3 is 0 Å². The van der Waals surface area contributed by atoms with Crippen molar-refractivity contribution in [2.24, 2.45) is 28.6 Å². The van der Waals surface area contributed by atoms with Gasteiger partial charge in [0, 0.05) is 14.2 Å². The number of rotatable bonds is 0. The van der Waals surface area contributed by atoms with Crippen molar-refractivity contribution in [1.82, 2.24) is 0 Å². The van der Waals surface area contributed by atoms with Crippen LogP contribution in [0.5, 0.6) is 0 Å². The molecule has 5 fully saturated rings. The molecule has 0 amide bonds. The molecule has 142 valence electrons. The summed E-state index contributed by atoms with van der Waals surface area (Å²) in [5.74, 6) is 0.738. The summed E-state index contributed by atoms with van der Waals surface area (Å²) in [4.78, 5) is 0. The fraction of sp³-hybridized carbons (Fsp3) is 1.00. The van der Waals surface area contributed by atoms with Gasteiger partial charge in [-0.25, -0.2) is 0 Å². The first-order valence-electron chi connectivity index (χ1n) is 10.9. The molecule has 5 rings (SSSR count). The van der Waals surface area contributed by atoms with Crippen LogP contribution in [0.25, 0.3) is 0 Å². The van der Waals surface area contributed by atoms with Gasteiger partial charge in [0.05, 0.1) is 24.9 Å². The van der Waals surface area contributed by atoms with Crippen LogP contribution in [0.1, 0.15) is 73.0 Å². The van der Waals surface area contributed by atoms with Gasteiger partial charge < -0.3 is 19.7 Å². The predicted molar refractivity (Wildman–Crippen MR) is 93.8 cm³/mol. The fourth-order valence-electron chi connectivity index (χ4n) is 7.63. The molecule has 8 atom stereocenters. The minimum Gasteiger partial charge on any atom is -0.393 e. The first-order chi connectivity index (χ1) is 12.2. The monoisotopic (exact) mass is 352 g/mol. The van der Waals surface area contributed by atoms with Crippen LogP contribution < -0.4 is 0 Å². The largest absolute Gasteiger partial charge is 0.393 e. The van der Waals surface area contributed by atoms with Gasteiger partial charge in [-0.3, -0.25) is 0 Å². The second-order valence-corrected chi connectivity index (χ2v) is 10.1. The van der Waals surface area contributed by atoms with Crippen LogP contribution in [-0.2, 0) is 9.47 Å². The molecule has 4 nitrogen and oxygen atoms in total. The van der Waals surface area contributed by atoms with Gasteiger partial charge in [-0.1, -0.05) is 13.8 Å². The van der Waals surface area contributed by atoms with Crippen molar-refractivity contribution in [2.45, 2.75) is 89.1 Å². The Kier molecular flexibility index (Phi) is 3.31. The molecule has 0 bridgehead atoms. The lowest BCUT2D eigenvalue weighted by Gasteiger charge is -2.64. The Morgan fingerprint density at radius 1 is 0.960 bits per heavy atom. The van der Waals surface area contributed by atoms with E-state index < -0.39 is 17.8 Å². The lowest BCUT2D eigenvalue weighted by molar-refractivity contribution is -0.285. The third-order valence-corrected chi connectivity index (χ3v) is 9.30. The Hall–Kier alpha value is -0.160. The summed E-state index contributed by atoms with van der Waals surface area (Å²) in [6, 6.07) is 0. The van der Waals surface area contributed by atoms with Crippen molar-refractivity contribution in [2.75, 3.05) is 13.2 Å². The molecule has 1 spiro atoms. The first-order valence-corrected chi connectivity index (χ1v) is 10.3. The van der Waals surface area contributed by atoms with E-state index in [1.807, 2.05) is 0 Å². The van der Waals surface area contributed by atoms with E-state index in [0.717, 1.165) is 44.9 Å². The van der Waals surface area contributed by atoms with Crippen LogP contribution in [0, 0.1) is 28.6 Å². The Morgan fingerprint density at radius 3 is 2.48 bits per heavy atom. The van der Waals surface area contributed by atoms with Gasteiger partial charge in [0.1, 0.15) is 0 Å². The van der Waals surface area contributed by atoms with Gasteiger partial charge in [-0.05, 0) is 73.5 Å². The van der Waals surface area contributed by atoms with Crippen LogP contribution in [0.15, 0.2) is 0 Å². The highest BCUT2D eigenvalue weighted by atomic mass is 16.7. The Morgan fingerprint density at radius 2 is 1.72 bits per heavy atom. The second-order valence-electron chi connectivity index (χ2n) is 10.1. The summed E-state index contributed by atoms with van der Waals surface area (Å²) in [6.45, 7) is 5.70. The quantitative estimate of drug-likeness (QED) is 0.703. The molecule has 4 aliphatic carbocycles. The van der Waals surface area contributed by atoms with Crippen molar-refractivity contribution < 1.29 is 21.1 Å². The number of fused-ring (bicyclic) bond motifs is 5. The molecule has 2 N–H and O–H groups in total. The fourth-order valence-corrected chi connectivity index (χ4v) is 7.63. The summed E-state index contributed by atoms with van der Waals surface area (Å²) < 4.78 is 20.8. The second kappa shape index (κ2) is 5.21. The summed E-state index contributed by atoms with van der Waals surface area (Å²) in [5, 5.41) is 22.4. The van der Waals surface area contributed by atoms with Crippen LogP contribution in [0.2, 0.25) is 0 Å². The number of hydrogen-bond acceptors (Lipinski definition) is 4. The molecule has 25 heavy (non-hydrogen) atoms. The summed E-state index contributed by atoms with van der Waals surface area (Å²) in [5.41, 5.74) is -1.28. The van der Waals surface area contributed by atoms with E-state index in [0.29, 0.717) is 37.4 Å². The van der Waals surface area contributed by atoms with E-state index in [2.05, 4.69) is 13.8 Å². The zero-order valence-corrected chi connectivity index (χ0v) is 15.7. The molecule has 4 saturated carbocycles. The summed E-state index contributed by atoms with van der Waals surface area (Å²) in [6.07, 6.45) is 6.28. The van der Waals surface area contributed by atoms with E-state index >= 15 is 0 Å². The SMILES string of the molecule is [3H][C@@H]1CC2C3CCC(O)[C@@]3(C)CCC2[C@@]2(C)CCC3(C[C@]12O)OCCO3. The van der Waals surface area contributed by atoms with Gasteiger partial charge in [-0.15, -0.1) is 0 Å². The topological polar surface area (TPSA) is 58.9 Å². The molecule has 1 heterocycles. The van der Waals surface area contributed by atoms with E-state index in [-0.39, 0.29) is 16.9 Å². The van der Waals surface area contributed by atoms with Gasteiger partial charge in [-0.2, -0.15) is 0 Å². The van der Waals surface area contributed by atoms with E-state index in [9.17, 15) is 10.2 Å². The zero-order chi connectivity index (χ0) is 18.4. The Labute approximate surface area is 152 Å². The van der Waals surface area contributed by atoms with Gasteiger partial charge in [0.15, 0.2) is 5.79 Å². The lowest BCUT2D eigenvalue weighted by atomic mass is 9.43. The Bertz CT molecular complexity index is 593. The molecule has 5 aliphatic rings. The predicted octanol–water partition coefficient (Wildman–Crippen LogP) is 3.25. The molecule has 4 unspecified atom stereocenters. The van der Waals surface area contributed by atoms with Crippen molar-refractivity contribution >= 4 is 0 Å². The maximum Gasteiger partial charge on any atom is 0.171 e. The molecule has 0 aromatic rings.